The third-order valence-corrected chi connectivity index (χ3v) is 6.59. The molecule has 5 atom stereocenters. The summed E-state index contributed by atoms with van der Waals surface area (Å²) in [5, 5.41) is 0. The van der Waals surface area contributed by atoms with Gasteiger partial charge in [-0.25, -0.2) is 4.79 Å². The summed E-state index contributed by atoms with van der Waals surface area (Å²) in [5.41, 5.74) is 6.68. The van der Waals surface area contributed by atoms with Crippen LogP contribution in [0.2, 0.25) is 0 Å². The standard InChI is InChI=1S/C21H30O3/c1-8-15-11(4)10(3)13(6)17-18(15)21(22)24-19-14(7)12(5)16(9-2)23-20(17)19/h12,14,16,19-20H,8-9H2,1-7H3/t12-,14-,16+,19+,20-/m1/s1. The Morgan fingerprint density at radius 2 is 1.62 bits per heavy atom. The van der Waals surface area contributed by atoms with Crippen LogP contribution in [-0.2, 0) is 15.9 Å². The minimum absolute atomic E-state index is 0.126. The molecule has 3 rings (SSSR count). The molecule has 3 nitrogen and oxygen atoms in total. The topological polar surface area (TPSA) is 35.5 Å². The van der Waals surface area contributed by atoms with Gasteiger partial charge in [-0.1, -0.05) is 27.7 Å². The predicted molar refractivity (Wildman–Crippen MR) is 95.5 cm³/mol. The SMILES string of the molecule is CCc1c(C)c(C)c(C)c2c1C(=O)O[C@H]1[C@H](C)[C@@H](C)[C@H](CC)O[C@H]21. The van der Waals surface area contributed by atoms with E-state index in [1.807, 2.05) is 0 Å². The first-order valence-electron chi connectivity index (χ1n) is 9.32. The summed E-state index contributed by atoms with van der Waals surface area (Å²) in [6, 6.07) is 0. The van der Waals surface area contributed by atoms with Crippen molar-refractivity contribution in [2.45, 2.75) is 79.6 Å². The molecule has 1 fully saturated rings. The number of hydrogen-bond donors (Lipinski definition) is 0. The third kappa shape index (κ3) is 2.32. The van der Waals surface area contributed by atoms with Crippen molar-refractivity contribution < 1.29 is 14.3 Å². The molecule has 0 bridgehead atoms. The molecular weight excluding hydrogens is 300 g/mol. The van der Waals surface area contributed by atoms with E-state index in [9.17, 15) is 4.79 Å². The number of rotatable bonds is 2. The highest BCUT2D eigenvalue weighted by Crippen LogP contribution is 2.47. The van der Waals surface area contributed by atoms with E-state index < -0.39 is 0 Å². The highest BCUT2D eigenvalue weighted by molar-refractivity contribution is 5.95. The molecule has 24 heavy (non-hydrogen) atoms. The molecule has 0 amide bonds. The van der Waals surface area contributed by atoms with Gasteiger partial charge in [-0.2, -0.15) is 0 Å². The Hall–Kier alpha value is -1.35. The quantitative estimate of drug-likeness (QED) is 0.728. The van der Waals surface area contributed by atoms with Crippen LogP contribution >= 0.6 is 0 Å². The minimum atomic E-state index is -0.173. The number of fused-ring (bicyclic) bond motifs is 3. The zero-order valence-corrected chi connectivity index (χ0v) is 16.0. The van der Waals surface area contributed by atoms with Gasteiger partial charge in [0, 0.05) is 11.5 Å². The van der Waals surface area contributed by atoms with E-state index >= 15 is 0 Å². The zero-order valence-electron chi connectivity index (χ0n) is 16.0. The van der Waals surface area contributed by atoms with Crippen LogP contribution in [0.25, 0.3) is 0 Å². The highest BCUT2D eigenvalue weighted by Gasteiger charge is 2.49. The Bertz CT molecular complexity index is 676. The first kappa shape index (κ1) is 17.5. The molecule has 0 aromatic heterocycles. The zero-order chi connectivity index (χ0) is 17.8. The molecule has 1 aromatic rings. The lowest BCUT2D eigenvalue weighted by Gasteiger charge is -2.47. The lowest BCUT2D eigenvalue weighted by Crippen LogP contribution is -2.49. The van der Waals surface area contributed by atoms with E-state index in [2.05, 4.69) is 48.5 Å². The molecule has 0 saturated carbocycles. The molecule has 132 valence electrons. The van der Waals surface area contributed by atoms with Crippen LogP contribution in [0.4, 0.5) is 0 Å². The minimum Gasteiger partial charge on any atom is -0.455 e. The van der Waals surface area contributed by atoms with Gasteiger partial charge in [0.05, 0.1) is 11.7 Å². The van der Waals surface area contributed by atoms with Crippen molar-refractivity contribution in [1.82, 2.24) is 0 Å². The molecule has 1 saturated heterocycles. The lowest BCUT2D eigenvalue weighted by atomic mass is 9.74. The molecule has 2 aliphatic heterocycles. The second-order valence-corrected chi connectivity index (χ2v) is 7.59. The summed E-state index contributed by atoms with van der Waals surface area (Å²) in [6.07, 6.45) is 1.75. The maximum Gasteiger partial charge on any atom is 0.339 e. The normalized spacial score (nSPS) is 32.1. The maximum absolute atomic E-state index is 12.9. The smallest absolute Gasteiger partial charge is 0.339 e. The molecule has 3 heteroatoms. The van der Waals surface area contributed by atoms with Crippen LogP contribution in [-0.4, -0.2) is 18.2 Å². The average molecular weight is 330 g/mol. The summed E-state index contributed by atoms with van der Waals surface area (Å²) < 4.78 is 12.4. The van der Waals surface area contributed by atoms with E-state index in [1.54, 1.807) is 0 Å². The Morgan fingerprint density at radius 1 is 0.958 bits per heavy atom. The van der Waals surface area contributed by atoms with Gasteiger partial charge >= 0.3 is 5.97 Å². The summed E-state index contributed by atoms with van der Waals surface area (Å²) in [7, 11) is 0. The fourth-order valence-electron chi connectivity index (χ4n) is 4.63. The third-order valence-electron chi connectivity index (χ3n) is 6.59. The van der Waals surface area contributed by atoms with Crippen LogP contribution in [0, 0.1) is 32.6 Å². The predicted octanol–water partition coefficient (Wildman–Crippen LogP) is 4.84. The van der Waals surface area contributed by atoms with Gasteiger partial charge in [0.15, 0.2) is 0 Å². The van der Waals surface area contributed by atoms with E-state index in [1.165, 1.54) is 16.7 Å². The molecule has 0 aliphatic carbocycles. The van der Waals surface area contributed by atoms with Gasteiger partial charge in [-0.15, -0.1) is 0 Å². The van der Waals surface area contributed by atoms with E-state index in [0.29, 0.717) is 11.8 Å². The second kappa shape index (κ2) is 6.18. The number of carbonyl (C=O) groups excluding carboxylic acids is 1. The van der Waals surface area contributed by atoms with Crippen molar-refractivity contribution in [3.05, 3.63) is 33.4 Å². The summed E-state index contributed by atoms with van der Waals surface area (Å²) in [6.45, 7) is 15.1. The fraction of sp³-hybridized carbons (Fsp3) is 0.667. The van der Waals surface area contributed by atoms with Gasteiger partial charge in [-0.3, -0.25) is 0 Å². The van der Waals surface area contributed by atoms with E-state index in [4.69, 9.17) is 9.47 Å². The van der Waals surface area contributed by atoms with Gasteiger partial charge in [0.25, 0.3) is 0 Å². The van der Waals surface area contributed by atoms with Crippen LogP contribution < -0.4 is 0 Å². The number of ether oxygens (including phenoxy) is 2. The molecular formula is C21H30O3. The van der Waals surface area contributed by atoms with Crippen LogP contribution in [0.1, 0.15) is 78.4 Å². The second-order valence-electron chi connectivity index (χ2n) is 7.59. The molecule has 2 aliphatic rings. The Labute approximate surface area is 145 Å². The first-order chi connectivity index (χ1) is 11.3. The van der Waals surface area contributed by atoms with Crippen molar-refractivity contribution in [2.24, 2.45) is 11.8 Å². The first-order valence-corrected chi connectivity index (χ1v) is 9.32. The van der Waals surface area contributed by atoms with Crippen molar-refractivity contribution in [3.8, 4) is 0 Å². The Balaban J connectivity index is 2.22. The van der Waals surface area contributed by atoms with E-state index in [0.717, 1.165) is 29.5 Å². The molecule has 0 N–H and O–H groups in total. The van der Waals surface area contributed by atoms with Gasteiger partial charge < -0.3 is 9.47 Å². The maximum atomic E-state index is 12.9. The van der Waals surface area contributed by atoms with Crippen molar-refractivity contribution in [1.29, 1.82) is 0 Å². The van der Waals surface area contributed by atoms with Crippen molar-refractivity contribution in [3.63, 3.8) is 0 Å². The number of esters is 1. The van der Waals surface area contributed by atoms with Crippen LogP contribution in [0.3, 0.4) is 0 Å². The van der Waals surface area contributed by atoms with Gasteiger partial charge in [0.1, 0.15) is 12.2 Å². The van der Waals surface area contributed by atoms with Crippen molar-refractivity contribution in [2.75, 3.05) is 0 Å². The highest BCUT2D eigenvalue weighted by atomic mass is 16.6. The summed E-state index contributed by atoms with van der Waals surface area (Å²) >= 11 is 0. The van der Waals surface area contributed by atoms with Crippen LogP contribution in [0.5, 0.6) is 0 Å². The Kier molecular flexibility index (Phi) is 4.50. The number of carbonyl (C=O) groups is 1. The van der Waals surface area contributed by atoms with Gasteiger partial charge in [0.2, 0.25) is 0 Å². The Morgan fingerprint density at radius 3 is 2.21 bits per heavy atom. The average Bonchev–Trinajstić information content (AvgIpc) is 2.57. The molecule has 0 radical (unpaired) electrons. The fourth-order valence-corrected chi connectivity index (χ4v) is 4.63. The van der Waals surface area contributed by atoms with Gasteiger partial charge in [-0.05, 0) is 61.8 Å². The van der Waals surface area contributed by atoms with E-state index in [-0.39, 0.29) is 24.3 Å². The molecule has 2 heterocycles. The van der Waals surface area contributed by atoms with Crippen LogP contribution in [0.15, 0.2) is 0 Å². The van der Waals surface area contributed by atoms with Crippen molar-refractivity contribution >= 4 is 5.97 Å². The largest absolute Gasteiger partial charge is 0.455 e. The number of hydrogen-bond acceptors (Lipinski definition) is 3. The molecule has 0 spiro atoms. The lowest BCUT2D eigenvalue weighted by molar-refractivity contribution is -0.178. The number of benzene rings is 1. The molecule has 0 unspecified atom stereocenters. The summed E-state index contributed by atoms with van der Waals surface area (Å²) in [5.74, 6) is 0.534. The molecule has 1 aromatic carbocycles. The summed E-state index contributed by atoms with van der Waals surface area (Å²) in [4.78, 5) is 12.9. The monoisotopic (exact) mass is 330 g/mol.